The molecule has 2 unspecified atom stereocenters. The highest BCUT2D eigenvalue weighted by Gasteiger charge is 2.35. The van der Waals surface area contributed by atoms with Crippen LogP contribution < -0.4 is 27.2 Å². The van der Waals surface area contributed by atoms with Crippen molar-refractivity contribution in [3.8, 4) is 0 Å². The molecule has 0 bridgehead atoms. The van der Waals surface area contributed by atoms with Gasteiger partial charge in [0.1, 0.15) is 19.3 Å². The van der Waals surface area contributed by atoms with E-state index in [0.717, 1.165) is 6.42 Å². The predicted molar refractivity (Wildman–Crippen MR) is 77.4 cm³/mol. The molecule has 0 aliphatic carbocycles. The van der Waals surface area contributed by atoms with E-state index in [1.807, 2.05) is 0 Å². The highest BCUT2D eigenvalue weighted by atomic mass is 31.1. The lowest BCUT2D eigenvalue weighted by atomic mass is 10.1. The van der Waals surface area contributed by atoms with Crippen molar-refractivity contribution in [3.63, 3.8) is 0 Å². The summed E-state index contributed by atoms with van der Waals surface area (Å²) in [6.07, 6.45) is 1.96. The number of nitrogens with one attached hydrogen (secondary N) is 3. The van der Waals surface area contributed by atoms with E-state index in [1.165, 1.54) is 6.92 Å². The molecule has 1 saturated heterocycles. The van der Waals surface area contributed by atoms with Crippen LogP contribution in [0.2, 0.25) is 0 Å². The molecule has 0 spiro atoms. The number of nitrogens with two attached hydrogens (primary N) is 2. The zero-order valence-electron chi connectivity index (χ0n) is 11.7. The molecule has 116 valence electrons. The van der Waals surface area contributed by atoms with Gasteiger partial charge in [0.25, 0.3) is 5.91 Å². The number of carbonyl (C=O) groups excluding carboxylic acids is 2. The van der Waals surface area contributed by atoms with Crippen LogP contribution in [0.4, 0.5) is 0 Å². The molecule has 0 aromatic heterocycles. The van der Waals surface area contributed by atoms with Crippen LogP contribution in [-0.4, -0.2) is 42.8 Å². The summed E-state index contributed by atoms with van der Waals surface area (Å²) in [4.78, 5) is 23.5. The zero-order valence-corrected chi connectivity index (χ0v) is 12.7. The van der Waals surface area contributed by atoms with Gasteiger partial charge in [0.05, 0.1) is 0 Å². The van der Waals surface area contributed by atoms with Crippen LogP contribution in [0, 0.1) is 0 Å². The molecule has 9 heteroatoms. The zero-order chi connectivity index (χ0) is 15.2. The van der Waals surface area contributed by atoms with Crippen molar-refractivity contribution in [2.24, 2.45) is 11.5 Å². The van der Waals surface area contributed by atoms with Crippen LogP contribution in [0.3, 0.4) is 0 Å². The minimum Gasteiger partial charge on any atom is -0.355 e. The van der Waals surface area contributed by atoms with Crippen LogP contribution in [0.15, 0.2) is 0 Å². The van der Waals surface area contributed by atoms with Crippen molar-refractivity contribution in [1.29, 1.82) is 0 Å². The number of hydrogen-bond donors (Lipinski definition) is 5. The van der Waals surface area contributed by atoms with E-state index in [-0.39, 0.29) is 5.91 Å². The van der Waals surface area contributed by atoms with Crippen molar-refractivity contribution in [2.75, 3.05) is 19.6 Å². The second-order valence-electron chi connectivity index (χ2n) is 5.08. The van der Waals surface area contributed by atoms with Gasteiger partial charge in [-0.05, 0) is 32.7 Å². The Kier molecular flexibility index (Phi) is 6.61. The summed E-state index contributed by atoms with van der Waals surface area (Å²) in [5.74, 6) is -0.701. The predicted octanol–water partition coefficient (Wildman–Crippen LogP) is -1.53. The molecule has 20 heavy (non-hydrogen) atoms. The van der Waals surface area contributed by atoms with Gasteiger partial charge in [-0.1, -0.05) is 0 Å². The topological polar surface area (TPSA) is 139 Å². The first kappa shape index (κ1) is 17.1. The molecule has 3 atom stereocenters. The summed E-state index contributed by atoms with van der Waals surface area (Å²) in [6, 6.07) is 0. The smallest absolute Gasteiger partial charge is 0.255 e. The van der Waals surface area contributed by atoms with E-state index in [0.29, 0.717) is 32.5 Å². The summed E-state index contributed by atoms with van der Waals surface area (Å²) >= 11 is 0. The SMILES string of the molecule is CC(N)(N[PH](=O)[C@H]1CCCNC1=O)C(=O)NCCCN. The molecule has 1 rings (SSSR count). The summed E-state index contributed by atoms with van der Waals surface area (Å²) < 4.78 is 12.2. The van der Waals surface area contributed by atoms with Crippen LogP contribution in [0.1, 0.15) is 26.2 Å². The highest BCUT2D eigenvalue weighted by Crippen LogP contribution is 2.30. The highest BCUT2D eigenvalue weighted by molar-refractivity contribution is 7.44. The second-order valence-corrected chi connectivity index (χ2v) is 6.75. The minimum atomic E-state index is -2.49. The number of carbonyl (C=O) groups is 2. The second kappa shape index (κ2) is 7.73. The number of hydrogen-bond acceptors (Lipinski definition) is 5. The van der Waals surface area contributed by atoms with Gasteiger partial charge in [-0.25, -0.2) is 5.09 Å². The molecule has 1 heterocycles. The van der Waals surface area contributed by atoms with Crippen molar-refractivity contribution in [1.82, 2.24) is 15.7 Å². The van der Waals surface area contributed by atoms with Gasteiger partial charge in [-0.2, -0.15) is 0 Å². The molecule has 8 nitrogen and oxygen atoms in total. The first-order valence-corrected chi connectivity index (χ1v) is 8.24. The van der Waals surface area contributed by atoms with E-state index in [4.69, 9.17) is 11.5 Å². The molecule has 0 aromatic rings. The normalized spacial score (nSPS) is 23.6. The fraction of sp³-hybridized carbons (Fsp3) is 0.818. The summed E-state index contributed by atoms with van der Waals surface area (Å²) in [6.45, 7) is 2.92. The molecule has 0 saturated carbocycles. The lowest BCUT2D eigenvalue weighted by Crippen LogP contribution is -2.60. The van der Waals surface area contributed by atoms with Crippen LogP contribution >= 0.6 is 7.95 Å². The lowest BCUT2D eigenvalue weighted by Gasteiger charge is -2.28. The molecule has 2 amide bonds. The monoisotopic (exact) mass is 305 g/mol. The number of amides is 2. The summed E-state index contributed by atoms with van der Waals surface area (Å²) in [5.41, 5.74) is 9.09. The molecule has 1 aliphatic rings. The third-order valence-electron chi connectivity index (χ3n) is 3.12. The standard InChI is InChI=1S/C11H24N5O3P/c1-11(13,10(18)15-7-3-5-12)16-20(19)8-4-2-6-14-9(8)17/h8,20H,2-7,12-13H2,1H3,(H,14,17)(H,15,18)(H,16,19)/t8-,11?/m0/s1. The molecule has 7 N–H and O–H groups in total. The molecule has 1 fully saturated rings. The van der Waals surface area contributed by atoms with E-state index in [2.05, 4.69) is 15.7 Å². The molecule has 1 aliphatic heterocycles. The van der Waals surface area contributed by atoms with Gasteiger partial charge in [0.2, 0.25) is 5.91 Å². The Hall–Kier alpha value is -0.950. The van der Waals surface area contributed by atoms with Gasteiger partial charge in [0, 0.05) is 13.1 Å². The molecule has 0 aromatic carbocycles. The third kappa shape index (κ3) is 4.86. The van der Waals surface area contributed by atoms with Crippen LogP contribution in [0.5, 0.6) is 0 Å². The van der Waals surface area contributed by atoms with Crippen LogP contribution in [-0.2, 0) is 14.2 Å². The Morgan fingerprint density at radius 2 is 2.30 bits per heavy atom. The van der Waals surface area contributed by atoms with Crippen molar-refractivity contribution < 1.29 is 14.2 Å². The van der Waals surface area contributed by atoms with Crippen molar-refractivity contribution >= 4 is 19.8 Å². The molecular formula is C11H24N5O3P. The summed E-state index contributed by atoms with van der Waals surface area (Å²) in [7, 11) is -2.49. The average Bonchev–Trinajstić information content (AvgIpc) is 2.38. The van der Waals surface area contributed by atoms with Crippen molar-refractivity contribution in [3.05, 3.63) is 0 Å². The van der Waals surface area contributed by atoms with E-state index >= 15 is 0 Å². The molecule has 0 radical (unpaired) electrons. The lowest BCUT2D eigenvalue weighted by molar-refractivity contribution is -0.126. The van der Waals surface area contributed by atoms with Gasteiger partial charge in [-0.3, -0.25) is 9.59 Å². The van der Waals surface area contributed by atoms with E-state index in [9.17, 15) is 14.2 Å². The van der Waals surface area contributed by atoms with Crippen LogP contribution in [0.25, 0.3) is 0 Å². The maximum atomic E-state index is 12.2. The fourth-order valence-corrected chi connectivity index (χ4v) is 3.52. The van der Waals surface area contributed by atoms with Gasteiger partial charge >= 0.3 is 0 Å². The van der Waals surface area contributed by atoms with Gasteiger partial charge < -0.3 is 26.7 Å². The fourth-order valence-electron chi connectivity index (χ4n) is 1.91. The third-order valence-corrected chi connectivity index (χ3v) is 5.07. The Labute approximate surface area is 119 Å². The van der Waals surface area contributed by atoms with E-state index < -0.39 is 25.2 Å². The Balaban J connectivity index is 2.53. The van der Waals surface area contributed by atoms with Gasteiger partial charge in [0.15, 0.2) is 0 Å². The Bertz CT molecular complexity index is 388. The minimum absolute atomic E-state index is 0.244. The average molecular weight is 305 g/mol. The van der Waals surface area contributed by atoms with E-state index in [1.54, 1.807) is 0 Å². The van der Waals surface area contributed by atoms with Gasteiger partial charge in [-0.15, -0.1) is 0 Å². The Morgan fingerprint density at radius 3 is 2.90 bits per heavy atom. The quantitative estimate of drug-likeness (QED) is 0.220. The van der Waals surface area contributed by atoms with Crippen molar-refractivity contribution in [2.45, 2.75) is 37.5 Å². The molecular weight excluding hydrogens is 281 g/mol. The first-order chi connectivity index (χ1) is 9.38. The first-order valence-electron chi connectivity index (χ1n) is 6.75. The largest absolute Gasteiger partial charge is 0.355 e. The Morgan fingerprint density at radius 1 is 1.60 bits per heavy atom. The number of rotatable bonds is 7. The number of piperidine rings is 1. The maximum Gasteiger partial charge on any atom is 0.255 e. The summed E-state index contributed by atoms with van der Waals surface area (Å²) in [5, 5.41) is 7.88. The maximum absolute atomic E-state index is 12.2.